The van der Waals surface area contributed by atoms with Crippen LogP contribution in [0.4, 0.5) is 11.4 Å². The van der Waals surface area contributed by atoms with Crippen molar-refractivity contribution in [1.29, 1.82) is 0 Å². The first-order valence-corrected chi connectivity index (χ1v) is 10.4. The number of benzene rings is 3. The van der Waals surface area contributed by atoms with Crippen molar-refractivity contribution < 1.29 is 14.2 Å². The molecule has 7 heteroatoms. The molecule has 162 valence electrons. The van der Waals surface area contributed by atoms with Crippen molar-refractivity contribution in [3.8, 4) is 23.0 Å². The summed E-state index contributed by atoms with van der Waals surface area (Å²) in [6.45, 7) is 2.03. The third kappa shape index (κ3) is 4.73. The second-order valence-corrected chi connectivity index (χ2v) is 7.46. The smallest absolute Gasteiger partial charge is 0.175 e. The van der Waals surface area contributed by atoms with E-state index >= 15 is 0 Å². The van der Waals surface area contributed by atoms with Gasteiger partial charge in [-0.1, -0.05) is 18.2 Å². The molecule has 0 spiro atoms. The molecule has 32 heavy (non-hydrogen) atoms. The summed E-state index contributed by atoms with van der Waals surface area (Å²) in [6.07, 6.45) is 1.70. The maximum Gasteiger partial charge on any atom is 0.175 e. The van der Waals surface area contributed by atoms with Crippen molar-refractivity contribution in [3.63, 3.8) is 0 Å². The number of thiocarbonyl (C=S) groups is 1. The van der Waals surface area contributed by atoms with Gasteiger partial charge in [0.1, 0.15) is 11.5 Å². The number of pyridine rings is 1. The van der Waals surface area contributed by atoms with E-state index in [0.29, 0.717) is 28.1 Å². The molecule has 1 heterocycles. The van der Waals surface area contributed by atoms with E-state index in [2.05, 4.69) is 15.6 Å². The summed E-state index contributed by atoms with van der Waals surface area (Å²) in [5, 5.41) is 7.76. The number of aromatic nitrogens is 1. The molecule has 2 N–H and O–H groups in total. The average Bonchev–Trinajstić information content (AvgIpc) is 2.81. The average molecular weight is 446 g/mol. The molecule has 0 aliphatic heterocycles. The molecule has 0 saturated heterocycles. The first-order chi connectivity index (χ1) is 15.6. The number of aryl methyl sites for hydroxylation is 1. The minimum atomic E-state index is 0.522. The number of nitrogens with zero attached hydrogens (tertiary/aromatic N) is 1. The van der Waals surface area contributed by atoms with Crippen LogP contribution in [0.1, 0.15) is 5.56 Å². The minimum absolute atomic E-state index is 0.522. The molecule has 6 nitrogen and oxygen atoms in total. The van der Waals surface area contributed by atoms with E-state index in [1.807, 2.05) is 73.7 Å². The normalized spacial score (nSPS) is 10.5. The maximum absolute atomic E-state index is 6.12. The lowest BCUT2D eigenvalue weighted by molar-refractivity contribution is 0.355. The predicted molar refractivity (Wildman–Crippen MR) is 132 cm³/mol. The Morgan fingerprint density at radius 2 is 1.56 bits per heavy atom. The number of para-hydroxylation sites is 1. The number of rotatable bonds is 6. The molecule has 0 amide bonds. The SMILES string of the molecule is COc1cc2nccc(Oc3ccc(NC(=S)Nc4ccccc4C)cc3)c2cc1OC. The van der Waals surface area contributed by atoms with Crippen LogP contribution in [-0.2, 0) is 0 Å². The van der Waals surface area contributed by atoms with E-state index in [4.69, 9.17) is 26.4 Å². The molecule has 1 aromatic heterocycles. The summed E-state index contributed by atoms with van der Waals surface area (Å²) in [5.41, 5.74) is 3.71. The van der Waals surface area contributed by atoms with Gasteiger partial charge in [0.05, 0.1) is 19.7 Å². The fourth-order valence-electron chi connectivity index (χ4n) is 3.27. The summed E-state index contributed by atoms with van der Waals surface area (Å²) >= 11 is 5.43. The van der Waals surface area contributed by atoms with Crippen LogP contribution in [0.5, 0.6) is 23.0 Å². The third-order valence-corrected chi connectivity index (χ3v) is 5.14. The van der Waals surface area contributed by atoms with Crippen LogP contribution in [0.3, 0.4) is 0 Å². The minimum Gasteiger partial charge on any atom is -0.493 e. The third-order valence-electron chi connectivity index (χ3n) is 4.94. The number of ether oxygens (including phenoxy) is 3. The zero-order chi connectivity index (χ0) is 22.5. The fourth-order valence-corrected chi connectivity index (χ4v) is 3.50. The lowest BCUT2D eigenvalue weighted by atomic mass is 10.2. The molecule has 4 rings (SSSR count). The lowest BCUT2D eigenvalue weighted by Gasteiger charge is -2.14. The molecule has 0 saturated carbocycles. The van der Waals surface area contributed by atoms with Crippen LogP contribution < -0.4 is 24.8 Å². The zero-order valence-corrected chi connectivity index (χ0v) is 18.8. The number of hydrogen-bond acceptors (Lipinski definition) is 5. The number of anilines is 2. The van der Waals surface area contributed by atoms with Gasteiger partial charge < -0.3 is 24.8 Å². The molecule has 0 unspecified atom stereocenters. The van der Waals surface area contributed by atoms with Crippen molar-refractivity contribution in [1.82, 2.24) is 4.98 Å². The van der Waals surface area contributed by atoms with Gasteiger partial charge in [-0.25, -0.2) is 0 Å². The van der Waals surface area contributed by atoms with Gasteiger partial charge in [0, 0.05) is 29.0 Å². The highest BCUT2D eigenvalue weighted by molar-refractivity contribution is 7.80. The highest BCUT2D eigenvalue weighted by Gasteiger charge is 2.11. The Hall–Kier alpha value is -3.84. The van der Waals surface area contributed by atoms with Gasteiger partial charge in [-0.3, -0.25) is 4.98 Å². The summed E-state index contributed by atoms with van der Waals surface area (Å²) in [5.74, 6) is 2.60. The molecule has 0 radical (unpaired) electrons. The van der Waals surface area contributed by atoms with Crippen molar-refractivity contribution in [2.75, 3.05) is 24.9 Å². The Kier molecular flexibility index (Phi) is 6.37. The molecule has 0 fully saturated rings. The second kappa shape index (κ2) is 9.53. The van der Waals surface area contributed by atoms with E-state index in [0.717, 1.165) is 27.8 Å². The molecule has 0 atom stereocenters. The van der Waals surface area contributed by atoms with Crippen molar-refractivity contribution in [2.24, 2.45) is 0 Å². The van der Waals surface area contributed by atoms with Crippen LogP contribution in [-0.4, -0.2) is 24.3 Å². The molecular formula is C25H23N3O3S. The number of fused-ring (bicyclic) bond motifs is 1. The summed E-state index contributed by atoms with van der Waals surface area (Å²) in [6, 6.07) is 21.1. The molecule has 0 aliphatic rings. The van der Waals surface area contributed by atoms with Crippen LogP contribution in [0.25, 0.3) is 10.9 Å². The molecule has 4 aromatic rings. The first kappa shape index (κ1) is 21.4. The Labute approximate surface area is 192 Å². The van der Waals surface area contributed by atoms with Gasteiger partial charge in [-0.05, 0) is 67.2 Å². The van der Waals surface area contributed by atoms with Gasteiger partial charge in [0.25, 0.3) is 0 Å². The monoisotopic (exact) mass is 445 g/mol. The first-order valence-electron chi connectivity index (χ1n) is 9.99. The zero-order valence-electron chi connectivity index (χ0n) is 18.0. The van der Waals surface area contributed by atoms with E-state index < -0.39 is 0 Å². The Balaban J connectivity index is 1.48. The van der Waals surface area contributed by atoms with Crippen molar-refractivity contribution in [2.45, 2.75) is 6.92 Å². The van der Waals surface area contributed by atoms with Crippen molar-refractivity contribution >= 4 is 39.6 Å². The number of hydrogen-bond donors (Lipinski definition) is 2. The van der Waals surface area contributed by atoms with Gasteiger partial charge in [0.15, 0.2) is 16.6 Å². The highest BCUT2D eigenvalue weighted by Crippen LogP contribution is 2.37. The van der Waals surface area contributed by atoms with Crippen LogP contribution in [0.15, 0.2) is 72.9 Å². The fraction of sp³-hybridized carbons (Fsp3) is 0.120. The van der Waals surface area contributed by atoms with Crippen LogP contribution >= 0.6 is 12.2 Å². The van der Waals surface area contributed by atoms with Crippen molar-refractivity contribution in [3.05, 3.63) is 78.5 Å². The van der Waals surface area contributed by atoms with E-state index in [9.17, 15) is 0 Å². The number of nitrogens with one attached hydrogen (secondary N) is 2. The Morgan fingerprint density at radius 1 is 0.844 bits per heavy atom. The van der Waals surface area contributed by atoms with Gasteiger partial charge in [-0.2, -0.15) is 0 Å². The standard InChI is InChI=1S/C25H23N3O3S/c1-16-6-4-5-7-20(16)28-25(32)27-17-8-10-18(11-9-17)31-22-12-13-26-21-15-24(30-3)23(29-2)14-19(21)22/h4-15H,1-3H3,(H2,27,28,32). The maximum atomic E-state index is 6.12. The van der Waals surface area contributed by atoms with Gasteiger partial charge >= 0.3 is 0 Å². The quantitative estimate of drug-likeness (QED) is 0.345. The summed E-state index contributed by atoms with van der Waals surface area (Å²) < 4.78 is 16.9. The summed E-state index contributed by atoms with van der Waals surface area (Å²) in [7, 11) is 3.20. The van der Waals surface area contributed by atoms with Crippen LogP contribution in [0.2, 0.25) is 0 Å². The molecule has 0 bridgehead atoms. The highest BCUT2D eigenvalue weighted by atomic mass is 32.1. The number of methoxy groups -OCH3 is 2. The van der Waals surface area contributed by atoms with E-state index in [-0.39, 0.29) is 0 Å². The molecule has 3 aromatic carbocycles. The van der Waals surface area contributed by atoms with Gasteiger partial charge in [0.2, 0.25) is 0 Å². The molecule has 0 aliphatic carbocycles. The second-order valence-electron chi connectivity index (χ2n) is 7.05. The summed E-state index contributed by atoms with van der Waals surface area (Å²) in [4.78, 5) is 4.41. The predicted octanol–water partition coefficient (Wildman–Crippen LogP) is 6.16. The van der Waals surface area contributed by atoms with E-state index in [1.54, 1.807) is 20.4 Å². The topological polar surface area (TPSA) is 64.6 Å². The van der Waals surface area contributed by atoms with Gasteiger partial charge in [-0.15, -0.1) is 0 Å². The van der Waals surface area contributed by atoms with Crippen LogP contribution in [0, 0.1) is 6.92 Å². The Bertz CT molecular complexity index is 1260. The lowest BCUT2D eigenvalue weighted by Crippen LogP contribution is -2.19. The Morgan fingerprint density at radius 3 is 2.28 bits per heavy atom. The largest absolute Gasteiger partial charge is 0.493 e. The molecular weight excluding hydrogens is 422 g/mol. The van der Waals surface area contributed by atoms with E-state index in [1.165, 1.54) is 0 Å².